The van der Waals surface area contributed by atoms with Crippen molar-refractivity contribution in [2.24, 2.45) is 0 Å². The summed E-state index contributed by atoms with van der Waals surface area (Å²) in [5, 5.41) is 11.6. The predicted octanol–water partition coefficient (Wildman–Crippen LogP) is 3.14. The Bertz CT molecular complexity index is 520. The van der Waals surface area contributed by atoms with Crippen LogP contribution >= 0.6 is 11.3 Å². The fourth-order valence-corrected chi connectivity index (χ4v) is 2.50. The average Bonchev–Trinajstić information content (AvgIpc) is 2.81. The van der Waals surface area contributed by atoms with E-state index in [0.29, 0.717) is 6.42 Å². The van der Waals surface area contributed by atoms with Gasteiger partial charge in [-0.25, -0.2) is 4.98 Å². The molecule has 1 aromatic heterocycles. The zero-order chi connectivity index (χ0) is 12.3. The Labute approximate surface area is 104 Å². The van der Waals surface area contributed by atoms with Crippen molar-refractivity contribution in [1.82, 2.24) is 4.98 Å². The third-order valence-electron chi connectivity index (χ3n) is 2.72. The highest BCUT2D eigenvalue weighted by molar-refractivity contribution is 7.13. The Kier molecular flexibility index (Phi) is 3.54. The van der Waals surface area contributed by atoms with Gasteiger partial charge in [0.2, 0.25) is 0 Å². The Balaban J connectivity index is 2.30. The van der Waals surface area contributed by atoms with Crippen LogP contribution < -0.4 is 0 Å². The van der Waals surface area contributed by atoms with Crippen LogP contribution in [0.25, 0.3) is 10.6 Å². The number of aromatic nitrogens is 1. The lowest BCUT2D eigenvalue weighted by molar-refractivity contribution is -0.136. The van der Waals surface area contributed by atoms with Crippen LogP contribution in [0.4, 0.5) is 0 Å². The van der Waals surface area contributed by atoms with Crippen LogP contribution in [0.1, 0.15) is 17.5 Å². The molecule has 1 heterocycles. The van der Waals surface area contributed by atoms with Crippen molar-refractivity contribution in [2.75, 3.05) is 0 Å². The summed E-state index contributed by atoms with van der Waals surface area (Å²) >= 11 is 1.60. The molecule has 2 rings (SSSR count). The molecule has 17 heavy (non-hydrogen) atoms. The number of hydrogen-bond acceptors (Lipinski definition) is 3. The third kappa shape index (κ3) is 2.71. The molecule has 0 atom stereocenters. The lowest BCUT2D eigenvalue weighted by Crippen LogP contribution is -1.99. The molecule has 2 aromatic rings. The van der Waals surface area contributed by atoms with Gasteiger partial charge in [0.25, 0.3) is 0 Å². The predicted molar refractivity (Wildman–Crippen MR) is 68.2 cm³/mol. The minimum absolute atomic E-state index is 0.169. The molecule has 0 spiro atoms. The van der Waals surface area contributed by atoms with E-state index in [1.54, 1.807) is 17.5 Å². The molecule has 0 saturated carbocycles. The number of nitrogens with zero attached hydrogens (tertiary/aromatic N) is 1. The molecule has 0 saturated heterocycles. The lowest BCUT2D eigenvalue weighted by Gasteiger charge is -2.08. The fraction of sp³-hybridized carbons (Fsp3) is 0.231. The minimum Gasteiger partial charge on any atom is -0.481 e. The van der Waals surface area contributed by atoms with Gasteiger partial charge < -0.3 is 5.11 Å². The SMILES string of the molecule is Cc1c(CCC(=O)O)cccc1-c1nccs1. The van der Waals surface area contributed by atoms with Crippen LogP contribution in [-0.2, 0) is 11.2 Å². The number of carboxylic acid groups (broad SMARTS) is 1. The molecule has 1 aromatic carbocycles. The van der Waals surface area contributed by atoms with Gasteiger partial charge in [-0.15, -0.1) is 11.3 Å². The molecule has 0 bridgehead atoms. The number of rotatable bonds is 4. The first kappa shape index (κ1) is 11.8. The van der Waals surface area contributed by atoms with Crippen molar-refractivity contribution in [3.63, 3.8) is 0 Å². The number of hydrogen-bond donors (Lipinski definition) is 1. The molecular weight excluding hydrogens is 234 g/mol. The van der Waals surface area contributed by atoms with Gasteiger partial charge in [-0.2, -0.15) is 0 Å². The van der Waals surface area contributed by atoms with E-state index in [4.69, 9.17) is 5.11 Å². The van der Waals surface area contributed by atoms with E-state index in [0.717, 1.165) is 21.7 Å². The van der Waals surface area contributed by atoms with Crippen LogP contribution in [0.2, 0.25) is 0 Å². The van der Waals surface area contributed by atoms with E-state index in [2.05, 4.69) is 4.98 Å². The maximum Gasteiger partial charge on any atom is 0.303 e. The van der Waals surface area contributed by atoms with E-state index in [9.17, 15) is 4.79 Å². The van der Waals surface area contributed by atoms with E-state index < -0.39 is 5.97 Å². The topological polar surface area (TPSA) is 50.2 Å². The van der Waals surface area contributed by atoms with Gasteiger partial charge >= 0.3 is 5.97 Å². The smallest absolute Gasteiger partial charge is 0.303 e. The van der Waals surface area contributed by atoms with Gasteiger partial charge in [0.1, 0.15) is 5.01 Å². The highest BCUT2D eigenvalue weighted by Gasteiger charge is 2.09. The van der Waals surface area contributed by atoms with Gasteiger partial charge in [-0.05, 0) is 24.5 Å². The Morgan fingerprint density at radius 1 is 1.47 bits per heavy atom. The van der Waals surface area contributed by atoms with Crippen molar-refractivity contribution >= 4 is 17.3 Å². The molecule has 0 fully saturated rings. The van der Waals surface area contributed by atoms with Crippen LogP contribution in [0.3, 0.4) is 0 Å². The molecule has 0 amide bonds. The number of carbonyl (C=O) groups is 1. The Morgan fingerprint density at radius 3 is 2.94 bits per heavy atom. The average molecular weight is 247 g/mol. The van der Waals surface area contributed by atoms with Crippen molar-refractivity contribution in [3.8, 4) is 10.6 Å². The molecule has 0 aliphatic carbocycles. The zero-order valence-corrected chi connectivity index (χ0v) is 10.3. The highest BCUT2D eigenvalue weighted by Crippen LogP contribution is 2.27. The summed E-state index contributed by atoms with van der Waals surface area (Å²) < 4.78 is 0. The molecule has 3 nitrogen and oxygen atoms in total. The molecule has 0 unspecified atom stereocenters. The third-order valence-corrected chi connectivity index (χ3v) is 3.52. The lowest BCUT2D eigenvalue weighted by atomic mass is 9.99. The monoisotopic (exact) mass is 247 g/mol. The molecule has 1 N–H and O–H groups in total. The summed E-state index contributed by atoms with van der Waals surface area (Å²) in [5.41, 5.74) is 3.31. The zero-order valence-electron chi connectivity index (χ0n) is 9.51. The van der Waals surface area contributed by atoms with Crippen molar-refractivity contribution in [2.45, 2.75) is 19.8 Å². The van der Waals surface area contributed by atoms with Crippen LogP contribution in [0, 0.1) is 6.92 Å². The highest BCUT2D eigenvalue weighted by atomic mass is 32.1. The first-order valence-corrected chi connectivity index (χ1v) is 6.26. The van der Waals surface area contributed by atoms with Crippen molar-refractivity contribution < 1.29 is 9.90 Å². The quantitative estimate of drug-likeness (QED) is 0.903. The maximum atomic E-state index is 10.6. The van der Waals surface area contributed by atoms with E-state index in [1.807, 2.05) is 30.5 Å². The normalized spacial score (nSPS) is 10.4. The molecular formula is C13H13NO2S. The van der Waals surface area contributed by atoms with Gasteiger partial charge in [0.05, 0.1) is 0 Å². The summed E-state index contributed by atoms with van der Waals surface area (Å²) in [5.74, 6) is -0.760. The summed E-state index contributed by atoms with van der Waals surface area (Å²) in [6.45, 7) is 2.02. The first-order valence-electron chi connectivity index (χ1n) is 5.38. The Morgan fingerprint density at radius 2 is 2.29 bits per heavy atom. The van der Waals surface area contributed by atoms with Crippen LogP contribution in [-0.4, -0.2) is 16.1 Å². The number of thiazole rings is 1. The molecule has 0 radical (unpaired) electrons. The fourth-order valence-electron chi connectivity index (χ4n) is 1.78. The van der Waals surface area contributed by atoms with E-state index in [-0.39, 0.29) is 6.42 Å². The molecule has 0 aliphatic rings. The first-order chi connectivity index (χ1) is 8.18. The van der Waals surface area contributed by atoms with Gasteiger partial charge in [-0.1, -0.05) is 18.2 Å². The second-order valence-corrected chi connectivity index (χ2v) is 4.72. The summed E-state index contributed by atoms with van der Waals surface area (Å²) in [4.78, 5) is 14.9. The minimum atomic E-state index is -0.760. The van der Waals surface area contributed by atoms with Crippen LogP contribution in [0.5, 0.6) is 0 Å². The van der Waals surface area contributed by atoms with E-state index in [1.165, 1.54) is 0 Å². The van der Waals surface area contributed by atoms with Gasteiger partial charge in [-0.3, -0.25) is 4.79 Å². The second-order valence-electron chi connectivity index (χ2n) is 3.82. The number of aliphatic carboxylic acids is 1. The van der Waals surface area contributed by atoms with E-state index >= 15 is 0 Å². The summed E-state index contributed by atoms with van der Waals surface area (Å²) in [7, 11) is 0. The second kappa shape index (κ2) is 5.10. The summed E-state index contributed by atoms with van der Waals surface area (Å²) in [6.07, 6.45) is 2.52. The number of aryl methyl sites for hydroxylation is 1. The molecule has 0 aliphatic heterocycles. The van der Waals surface area contributed by atoms with Crippen molar-refractivity contribution in [3.05, 3.63) is 40.9 Å². The van der Waals surface area contributed by atoms with Crippen LogP contribution in [0.15, 0.2) is 29.8 Å². The van der Waals surface area contributed by atoms with Gasteiger partial charge in [0.15, 0.2) is 0 Å². The number of carboxylic acids is 1. The maximum absolute atomic E-state index is 10.6. The standard InChI is InChI=1S/C13H13NO2S/c1-9-10(5-6-12(15)16)3-2-4-11(9)13-14-7-8-17-13/h2-4,7-8H,5-6H2,1H3,(H,15,16). The number of benzene rings is 1. The largest absolute Gasteiger partial charge is 0.481 e. The molecule has 88 valence electrons. The van der Waals surface area contributed by atoms with Crippen molar-refractivity contribution in [1.29, 1.82) is 0 Å². The van der Waals surface area contributed by atoms with Gasteiger partial charge in [0, 0.05) is 23.6 Å². The summed E-state index contributed by atoms with van der Waals surface area (Å²) in [6, 6.07) is 5.97. The Hall–Kier alpha value is -1.68. The molecule has 4 heteroatoms.